The Kier molecular flexibility index (Phi) is 4.56. The van der Waals surface area contributed by atoms with Crippen LogP contribution in [0.1, 0.15) is 22.9 Å². The molecule has 0 unspecified atom stereocenters. The van der Waals surface area contributed by atoms with E-state index in [9.17, 15) is 8.42 Å². The highest BCUT2D eigenvalue weighted by Crippen LogP contribution is 2.27. The quantitative estimate of drug-likeness (QED) is 0.537. The van der Waals surface area contributed by atoms with Gasteiger partial charge in [-0.3, -0.25) is 0 Å². The summed E-state index contributed by atoms with van der Waals surface area (Å²) in [6.07, 6.45) is 0. The molecule has 27 heavy (non-hydrogen) atoms. The Morgan fingerprint density at radius 2 is 1.52 bits per heavy atom. The Bertz CT molecular complexity index is 1130. The topological polar surface area (TPSA) is 62.0 Å². The van der Waals surface area contributed by atoms with Gasteiger partial charge >= 0.3 is 0 Å². The van der Waals surface area contributed by atoms with Crippen LogP contribution in [-0.4, -0.2) is 13.4 Å². The van der Waals surface area contributed by atoms with Gasteiger partial charge in [-0.05, 0) is 42.1 Å². The van der Waals surface area contributed by atoms with Crippen molar-refractivity contribution in [1.29, 1.82) is 0 Å². The van der Waals surface area contributed by atoms with E-state index in [4.69, 9.17) is 0 Å². The van der Waals surface area contributed by atoms with Crippen molar-refractivity contribution in [3.8, 4) is 0 Å². The molecule has 2 N–H and O–H groups in total. The molecule has 4 rings (SSSR count). The van der Waals surface area contributed by atoms with Gasteiger partial charge in [-0.2, -0.15) is 4.72 Å². The first-order valence-electron chi connectivity index (χ1n) is 8.74. The number of hydrogen-bond acceptors (Lipinski definition) is 2. The predicted molar refractivity (Wildman–Crippen MR) is 108 cm³/mol. The summed E-state index contributed by atoms with van der Waals surface area (Å²) in [5, 5.41) is 1.04. The summed E-state index contributed by atoms with van der Waals surface area (Å²) in [5.41, 5.74) is 3.67. The maximum atomic E-state index is 13.0. The van der Waals surface area contributed by atoms with Crippen molar-refractivity contribution in [2.45, 2.75) is 17.9 Å². The van der Waals surface area contributed by atoms with Crippen LogP contribution in [0.15, 0.2) is 89.8 Å². The molecule has 0 radical (unpaired) electrons. The minimum atomic E-state index is -3.68. The van der Waals surface area contributed by atoms with Crippen LogP contribution in [0.2, 0.25) is 0 Å². The van der Waals surface area contributed by atoms with Gasteiger partial charge in [0.1, 0.15) is 0 Å². The zero-order valence-electron chi connectivity index (χ0n) is 14.9. The van der Waals surface area contributed by atoms with Crippen molar-refractivity contribution < 1.29 is 8.42 Å². The molecule has 1 atom stereocenters. The molecule has 4 aromatic rings. The largest absolute Gasteiger partial charge is 0.357 e. The fourth-order valence-electron chi connectivity index (χ4n) is 3.15. The Labute approximate surface area is 158 Å². The van der Waals surface area contributed by atoms with Gasteiger partial charge in [-0.15, -0.1) is 0 Å². The van der Waals surface area contributed by atoms with Crippen LogP contribution in [0, 0.1) is 6.92 Å². The number of sulfonamides is 1. The fourth-order valence-corrected chi connectivity index (χ4v) is 4.35. The number of aromatic amines is 1. The molecule has 0 bridgehead atoms. The highest BCUT2D eigenvalue weighted by Gasteiger charge is 2.24. The van der Waals surface area contributed by atoms with E-state index in [-0.39, 0.29) is 4.90 Å². The number of hydrogen-bond donors (Lipinski definition) is 2. The van der Waals surface area contributed by atoms with Crippen molar-refractivity contribution in [3.63, 3.8) is 0 Å². The van der Waals surface area contributed by atoms with Crippen molar-refractivity contribution in [1.82, 2.24) is 9.71 Å². The number of rotatable bonds is 5. The molecule has 0 amide bonds. The lowest BCUT2D eigenvalue weighted by atomic mass is 10.1. The van der Waals surface area contributed by atoms with Crippen molar-refractivity contribution >= 4 is 20.9 Å². The first-order chi connectivity index (χ1) is 13.0. The van der Waals surface area contributed by atoms with Gasteiger partial charge in [0.05, 0.1) is 10.9 Å². The Balaban J connectivity index is 1.78. The number of benzene rings is 3. The van der Waals surface area contributed by atoms with E-state index in [2.05, 4.69) is 9.71 Å². The maximum Gasteiger partial charge on any atom is 0.241 e. The Morgan fingerprint density at radius 3 is 2.22 bits per heavy atom. The number of para-hydroxylation sites is 1. The lowest BCUT2D eigenvalue weighted by Crippen LogP contribution is -2.29. The van der Waals surface area contributed by atoms with Crippen LogP contribution in [0.4, 0.5) is 0 Å². The molecule has 136 valence electrons. The summed E-state index contributed by atoms with van der Waals surface area (Å²) in [7, 11) is -3.68. The van der Waals surface area contributed by atoms with E-state index >= 15 is 0 Å². The first kappa shape index (κ1) is 17.5. The molecule has 0 saturated carbocycles. The zero-order chi connectivity index (χ0) is 18.9. The van der Waals surface area contributed by atoms with Gasteiger partial charge in [-0.1, -0.05) is 66.2 Å². The number of aromatic nitrogens is 1. The molecule has 0 spiro atoms. The molecule has 1 heterocycles. The van der Waals surface area contributed by atoms with Crippen LogP contribution in [0.3, 0.4) is 0 Å². The Morgan fingerprint density at radius 1 is 0.852 bits per heavy atom. The van der Waals surface area contributed by atoms with E-state index in [1.165, 1.54) is 0 Å². The van der Waals surface area contributed by atoms with E-state index < -0.39 is 16.1 Å². The molecule has 5 heteroatoms. The molecular formula is C22H20N2O2S. The third-order valence-corrected chi connectivity index (χ3v) is 6.04. The number of aryl methyl sites for hydroxylation is 1. The molecule has 1 aromatic heterocycles. The lowest BCUT2D eigenvalue weighted by molar-refractivity contribution is 0.570. The van der Waals surface area contributed by atoms with Crippen LogP contribution in [0.5, 0.6) is 0 Å². The van der Waals surface area contributed by atoms with Crippen LogP contribution in [0.25, 0.3) is 10.9 Å². The average Bonchev–Trinajstić information content (AvgIpc) is 3.11. The fraction of sp³-hybridized carbons (Fsp3) is 0.0909. The molecule has 3 aromatic carbocycles. The standard InChI is InChI=1S/C22H20N2O2S/c1-16-11-13-19(14-12-16)27(25,26)24-22(17-7-3-2-4-8-17)21-15-18-9-5-6-10-20(18)23-21/h2-15,22-24H,1H3/t22-/m1/s1. The summed E-state index contributed by atoms with van der Waals surface area (Å²) in [5.74, 6) is 0. The van der Waals surface area contributed by atoms with Crippen LogP contribution in [-0.2, 0) is 10.0 Å². The number of nitrogens with one attached hydrogen (secondary N) is 2. The minimum Gasteiger partial charge on any atom is -0.357 e. The molecular weight excluding hydrogens is 356 g/mol. The van der Waals surface area contributed by atoms with Crippen molar-refractivity contribution in [2.24, 2.45) is 0 Å². The number of fused-ring (bicyclic) bond motifs is 1. The van der Waals surface area contributed by atoms with Crippen molar-refractivity contribution in [3.05, 3.63) is 102 Å². The van der Waals surface area contributed by atoms with Gasteiger partial charge < -0.3 is 4.98 Å². The molecule has 0 fully saturated rings. The molecule has 0 saturated heterocycles. The van der Waals surface area contributed by atoms with Crippen LogP contribution < -0.4 is 4.72 Å². The first-order valence-corrected chi connectivity index (χ1v) is 10.2. The summed E-state index contributed by atoms with van der Waals surface area (Å²) in [4.78, 5) is 3.61. The highest BCUT2D eigenvalue weighted by molar-refractivity contribution is 7.89. The minimum absolute atomic E-state index is 0.255. The van der Waals surface area contributed by atoms with Gasteiger partial charge in [0.2, 0.25) is 10.0 Å². The molecule has 0 aliphatic rings. The number of H-pyrrole nitrogens is 1. The summed E-state index contributed by atoms with van der Waals surface area (Å²) >= 11 is 0. The van der Waals surface area contributed by atoms with E-state index in [0.717, 1.165) is 27.7 Å². The van der Waals surface area contributed by atoms with Crippen molar-refractivity contribution in [2.75, 3.05) is 0 Å². The second kappa shape index (κ2) is 7.02. The van der Waals surface area contributed by atoms with Gasteiger partial charge in [-0.25, -0.2) is 8.42 Å². The molecule has 0 aliphatic heterocycles. The summed E-state index contributed by atoms with van der Waals surface area (Å²) < 4.78 is 28.8. The molecule has 4 nitrogen and oxygen atoms in total. The van der Waals surface area contributed by atoms with Gasteiger partial charge in [0, 0.05) is 11.2 Å². The third-order valence-electron chi connectivity index (χ3n) is 4.60. The van der Waals surface area contributed by atoms with Crippen LogP contribution >= 0.6 is 0 Å². The summed E-state index contributed by atoms with van der Waals surface area (Å²) in [6.45, 7) is 1.93. The highest BCUT2D eigenvalue weighted by atomic mass is 32.2. The lowest BCUT2D eigenvalue weighted by Gasteiger charge is -2.18. The Hall–Kier alpha value is -2.89. The maximum absolute atomic E-state index is 13.0. The SMILES string of the molecule is Cc1ccc(S(=O)(=O)N[C@H](c2ccccc2)c2cc3ccccc3[nH]2)cc1. The van der Waals surface area contributed by atoms with E-state index in [1.54, 1.807) is 24.3 Å². The van der Waals surface area contributed by atoms with E-state index in [1.807, 2.05) is 67.6 Å². The summed E-state index contributed by atoms with van der Waals surface area (Å²) in [6, 6.07) is 25.8. The van der Waals surface area contributed by atoms with E-state index in [0.29, 0.717) is 0 Å². The van der Waals surface area contributed by atoms with Gasteiger partial charge in [0.15, 0.2) is 0 Å². The average molecular weight is 376 g/mol. The zero-order valence-corrected chi connectivity index (χ0v) is 15.7. The monoisotopic (exact) mass is 376 g/mol. The molecule has 0 aliphatic carbocycles. The smallest absolute Gasteiger partial charge is 0.241 e. The third kappa shape index (κ3) is 3.65. The normalized spacial score (nSPS) is 12.9. The second-order valence-electron chi connectivity index (χ2n) is 6.59. The van der Waals surface area contributed by atoms with Gasteiger partial charge in [0.25, 0.3) is 0 Å². The predicted octanol–water partition coefficient (Wildman–Crippen LogP) is 4.54. The second-order valence-corrected chi connectivity index (χ2v) is 8.30.